The van der Waals surface area contributed by atoms with Crippen molar-refractivity contribution < 1.29 is 18.9 Å². The van der Waals surface area contributed by atoms with E-state index in [4.69, 9.17) is 4.42 Å². The summed E-state index contributed by atoms with van der Waals surface area (Å²) in [4.78, 5) is 31.1. The molecule has 3 aliphatic rings. The van der Waals surface area contributed by atoms with E-state index >= 15 is 0 Å². The van der Waals surface area contributed by atoms with E-state index in [1.54, 1.807) is 29.8 Å². The molecule has 1 N–H and O–H groups in total. The van der Waals surface area contributed by atoms with Gasteiger partial charge in [0.15, 0.2) is 5.76 Å². The lowest BCUT2D eigenvalue weighted by molar-refractivity contribution is -0.658. The maximum absolute atomic E-state index is 14.2. The smallest absolute Gasteiger partial charge is 0.424 e. The molecule has 40 heavy (non-hydrogen) atoms. The van der Waals surface area contributed by atoms with Gasteiger partial charge in [-0.2, -0.15) is 4.57 Å². The van der Waals surface area contributed by atoms with E-state index in [1.807, 2.05) is 24.3 Å². The lowest BCUT2D eigenvalue weighted by atomic mass is 9.89. The van der Waals surface area contributed by atoms with E-state index in [2.05, 4.69) is 42.7 Å². The fourth-order valence-electron chi connectivity index (χ4n) is 6.32. The predicted octanol–water partition coefficient (Wildman–Crippen LogP) is 5.86. The van der Waals surface area contributed by atoms with Crippen molar-refractivity contribution in [2.45, 2.75) is 33.6 Å². The Morgan fingerprint density at radius 1 is 1.02 bits per heavy atom. The molecule has 0 spiro atoms. The first-order chi connectivity index (χ1) is 19.4. The number of hydrogen-bond donors (Lipinski definition) is 1. The molecular formula is C33H34N3O4+. The molecule has 3 aromatic rings. The van der Waals surface area contributed by atoms with Gasteiger partial charge in [0.2, 0.25) is 5.52 Å². The van der Waals surface area contributed by atoms with Crippen LogP contribution in [0.4, 0.5) is 11.4 Å². The van der Waals surface area contributed by atoms with Crippen LogP contribution in [0.1, 0.15) is 43.1 Å². The number of aryl methyl sites for hydroxylation is 2. The number of benzene rings is 3. The van der Waals surface area contributed by atoms with Crippen molar-refractivity contribution in [3.05, 3.63) is 76.1 Å². The minimum absolute atomic E-state index is 0.148. The number of anilines is 2. The largest absolute Gasteiger partial charge is 0.478 e. The van der Waals surface area contributed by atoms with Gasteiger partial charge in [0, 0.05) is 60.6 Å². The number of hydrogen-bond acceptors (Lipinski definition) is 5. The summed E-state index contributed by atoms with van der Waals surface area (Å²) in [5.74, 6) is -0.544. The topological polar surface area (TPSA) is 77.9 Å². The molecule has 7 nitrogen and oxygen atoms in total. The molecule has 0 saturated heterocycles. The fourth-order valence-corrected chi connectivity index (χ4v) is 6.32. The third-order valence-electron chi connectivity index (χ3n) is 8.40. The highest BCUT2D eigenvalue weighted by atomic mass is 16.4. The minimum Gasteiger partial charge on any atom is -0.478 e. The van der Waals surface area contributed by atoms with Gasteiger partial charge in [0.05, 0.1) is 10.9 Å². The van der Waals surface area contributed by atoms with Crippen molar-refractivity contribution >= 4 is 39.2 Å². The zero-order valence-electron chi connectivity index (χ0n) is 23.5. The first-order valence-electron chi connectivity index (χ1n) is 14.1. The molecule has 0 atom stereocenters. The SMILES string of the molecule is CCN(CC)c1ccc2c(-c3ccccc3C(=O)O)c3c(=O)[n+](C)c4cc5c(cc4c-3oc2c1)CCCN5CC. The molecule has 0 amide bonds. The summed E-state index contributed by atoms with van der Waals surface area (Å²) < 4.78 is 8.36. The number of fused-ring (bicyclic) bond motifs is 5. The number of aromatic carboxylic acids is 1. The maximum Gasteiger partial charge on any atom is 0.424 e. The second-order valence-electron chi connectivity index (χ2n) is 10.4. The highest BCUT2D eigenvalue weighted by Crippen LogP contribution is 2.44. The molecule has 0 fully saturated rings. The summed E-state index contributed by atoms with van der Waals surface area (Å²) >= 11 is 0. The van der Waals surface area contributed by atoms with Gasteiger partial charge in [-0.15, -0.1) is 0 Å². The summed E-state index contributed by atoms with van der Waals surface area (Å²) in [5, 5.41) is 11.7. The molecule has 3 aromatic carbocycles. The lowest BCUT2D eigenvalue weighted by Crippen LogP contribution is -2.48. The standard InChI is InChI=1S/C33H33N3O4/c1-5-35(6-2)21-14-15-24-28(18-21)40-31-25-17-20-11-10-16-36(7-3)26(20)19-27(25)34(4)32(37)30(31)29(24)22-12-8-9-13-23(22)33(38)39/h8-9,12-15,17-19H,5-7,10-11,16H2,1-4H3/p+1. The van der Waals surface area contributed by atoms with Crippen molar-refractivity contribution in [2.24, 2.45) is 7.05 Å². The Hall–Kier alpha value is -4.39. The zero-order chi connectivity index (χ0) is 28.1. The van der Waals surface area contributed by atoms with Gasteiger partial charge in [-0.05, 0) is 69.0 Å². The Labute approximate surface area is 233 Å². The Bertz CT molecular complexity index is 1820. The average molecular weight is 537 g/mol. The van der Waals surface area contributed by atoms with Gasteiger partial charge < -0.3 is 19.3 Å². The van der Waals surface area contributed by atoms with E-state index in [9.17, 15) is 14.7 Å². The third kappa shape index (κ3) is 3.91. The Balaban J connectivity index is 1.80. The number of nitrogens with zero attached hydrogens (tertiary/aromatic N) is 3. The molecule has 3 heterocycles. The molecule has 0 radical (unpaired) electrons. The monoisotopic (exact) mass is 536 g/mol. The summed E-state index contributed by atoms with van der Waals surface area (Å²) in [7, 11) is 1.79. The van der Waals surface area contributed by atoms with Crippen LogP contribution in [-0.4, -0.2) is 37.3 Å². The molecule has 0 bridgehead atoms. The summed E-state index contributed by atoms with van der Waals surface area (Å²) in [5.41, 5.74) is 6.27. The number of carboxylic acid groups (broad SMARTS) is 1. The van der Waals surface area contributed by atoms with E-state index in [0.717, 1.165) is 61.3 Å². The fraction of sp³-hybridized carbons (Fsp3) is 0.303. The van der Waals surface area contributed by atoms with Crippen molar-refractivity contribution in [3.63, 3.8) is 0 Å². The normalized spacial score (nSPS) is 13.2. The van der Waals surface area contributed by atoms with Crippen molar-refractivity contribution in [1.82, 2.24) is 0 Å². The highest BCUT2D eigenvalue weighted by molar-refractivity contribution is 6.10. The molecule has 0 aromatic heterocycles. The number of rotatable bonds is 6. The van der Waals surface area contributed by atoms with Crippen LogP contribution in [0, 0.1) is 0 Å². The van der Waals surface area contributed by atoms with Gasteiger partial charge in [-0.25, -0.2) is 9.59 Å². The molecule has 7 heteroatoms. The average Bonchev–Trinajstić information content (AvgIpc) is 2.98. The summed E-state index contributed by atoms with van der Waals surface area (Å²) in [6, 6.07) is 17.2. The highest BCUT2D eigenvalue weighted by Gasteiger charge is 2.32. The predicted molar refractivity (Wildman–Crippen MR) is 160 cm³/mol. The van der Waals surface area contributed by atoms with Crippen molar-refractivity contribution in [3.8, 4) is 22.5 Å². The van der Waals surface area contributed by atoms with Gasteiger partial charge in [0.25, 0.3) is 0 Å². The van der Waals surface area contributed by atoms with Crippen molar-refractivity contribution in [1.29, 1.82) is 0 Å². The van der Waals surface area contributed by atoms with Crippen LogP contribution >= 0.6 is 0 Å². The molecular weight excluding hydrogens is 502 g/mol. The number of carboxylic acids is 1. The third-order valence-corrected chi connectivity index (χ3v) is 8.40. The first-order valence-corrected chi connectivity index (χ1v) is 14.1. The first kappa shape index (κ1) is 25.9. The quantitative estimate of drug-likeness (QED) is 0.166. The van der Waals surface area contributed by atoms with Crippen molar-refractivity contribution in [2.75, 3.05) is 36.0 Å². The Morgan fingerprint density at radius 3 is 2.52 bits per heavy atom. The molecule has 6 rings (SSSR count). The van der Waals surface area contributed by atoms with Crippen LogP contribution in [0.3, 0.4) is 0 Å². The number of pyridine rings is 1. The van der Waals surface area contributed by atoms with Crippen LogP contribution in [0.15, 0.2) is 63.8 Å². The molecule has 204 valence electrons. The van der Waals surface area contributed by atoms with Crippen LogP contribution in [0.5, 0.6) is 0 Å². The van der Waals surface area contributed by atoms with E-state index < -0.39 is 5.97 Å². The Kier molecular flexibility index (Phi) is 6.45. The summed E-state index contributed by atoms with van der Waals surface area (Å²) in [6.07, 6.45) is 2.03. The van der Waals surface area contributed by atoms with E-state index in [-0.39, 0.29) is 11.1 Å². The maximum atomic E-state index is 14.2. The van der Waals surface area contributed by atoms with E-state index in [1.165, 1.54) is 5.56 Å². The van der Waals surface area contributed by atoms with Gasteiger partial charge >= 0.3 is 11.5 Å². The zero-order valence-corrected chi connectivity index (χ0v) is 23.5. The van der Waals surface area contributed by atoms with Crippen LogP contribution in [0.25, 0.3) is 44.3 Å². The van der Waals surface area contributed by atoms with Crippen LogP contribution in [0.2, 0.25) is 0 Å². The number of carbonyl (C=O) groups is 1. The second-order valence-corrected chi connectivity index (χ2v) is 10.4. The van der Waals surface area contributed by atoms with Crippen LogP contribution in [-0.2, 0) is 13.5 Å². The van der Waals surface area contributed by atoms with Crippen LogP contribution < -0.4 is 19.9 Å². The number of aromatic nitrogens is 1. The Morgan fingerprint density at radius 2 is 1.80 bits per heavy atom. The lowest BCUT2D eigenvalue weighted by Gasteiger charge is -2.30. The molecule has 0 aliphatic carbocycles. The van der Waals surface area contributed by atoms with E-state index in [0.29, 0.717) is 33.4 Å². The van der Waals surface area contributed by atoms with Gasteiger partial charge in [-0.3, -0.25) is 0 Å². The molecule has 0 saturated carbocycles. The summed E-state index contributed by atoms with van der Waals surface area (Å²) in [6.45, 7) is 9.95. The van der Waals surface area contributed by atoms with Gasteiger partial charge in [-0.1, -0.05) is 18.2 Å². The second kappa shape index (κ2) is 9.97. The molecule has 3 aliphatic heterocycles. The molecule has 0 unspecified atom stereocenters. The van der Waals surface area contributed by atoms with Gasteiger partial charge in [0.1, 0.15) is 18.2 Å². The minimum atomic E-state index is -1.04.